The molecule has 0 unspecified atom stereocenters. The van der Waals surface area contributed by atoms with Crippen LogP contribution in [0, 0.1) is 5.82 Å². The molecule has 3 aromatic carbocycles. The predicted molar refractivity (Wildman–Crippen MR) is 149 cm³/mol. The number of para-hydroxylation sites is 2. The van der Waals surface area contributed by atoms with Gasteiger partial charge in [0.2, 0.25) is 11.8 Å². The zero-order chi connectivity index (χ0) is 28.1. The second-order valence-corrected chi connectivity index (χ2v) is 9.69. The second-order valence-electron chi connectivity index (χ2n) is 9.69. The van der Waals surface area contributed by atoms with Crippen LogP contribution in [0.1, 0.15) is 44.2 Å². The van der Waals surface area contributed by atoms with E-state index in [-0.39, 0.29) is 18.3 Å². The van der Waals surface area contributed by atoms with Gasteiger partial charge in [-0.25, -0.2) is 9.07 Å². The Labute approximate surface area is 231 Å². The number of methoxy groups -OCH3 is 1. The molecule has 1 heterocycles. The standard InChI is InChI=1S/C30H32FN5O4/c1-3-40-26-17-16-20(18-27(26)39-2)29(30(38)32-21-10-4-5-11-21)36(24-14-8-6-12-22(24)31)28(37)19-35-25-15-9-7-13-23(25)33-34-35/h6-9,12-18,21,29H,3-5,10-11,19H2,1-2H3,(H,32,38)/t29-/m1/s1. The van der Waals surface area contributed by atoms with Crippen molar-refractivity contribution in [1.82, 2.24) is 20.3 Å². The quantitative estimate of drug-likeness (QED) is 0.307. The largest absolute Gasteiger partial charge is 0.493 e. The Morgan fingerprint density at radius 2 is 1.82 bits per heavy atom. The van der Waals surface area contributed by atoms with Crippen molar-refractivity contribution < 1.29 is 23.5 Å². The third kappa shape index (κ3) is 5.61. The highest BCUT2D eigenvalue weighted by Crippen LogP contribution is 2.36. The minimum absolute atomic E-state index is 0.0172. The van der Waals surface area contributed by atoms with Crippen molar-refractivity contribution in [3.05, 3.63) is 78.1 Å². The summed E-state index contributed by atoms with van der Waals surface area (Å²) in [6.07, 6.45) is 3.73. The summed E-state index contributed by atoms with van der Waals surface area (Å²) >= 11 is 0. The number of halogens is 1. The van der Waals surface area contributed by atoms with E-state index in [0.717, 1.165) is 25.7 Å². The first-order valence-electron chi connectivity index (χ1n) is 13.5. The average Bonchev–Trinajstić information content (AvgIpc) is 3.63. The minimum atomic E-state index is -1.19. The van der Waals surface area contributed by atoms with Crippen molar-refractivity contribution in [1.29, 1.82) is 0 Å². The number of amides is 2. The zero-order valence-corrected chi connectivity index (χ0v) is 22.5. The van der Waals surface area contributed by atoms with Crippen molar-refractivity contribution in [3.63, 3.8) is 0 Å². The van der Waals surface area contributed by atoms with Crippen LogP contribution in [0.3, 0.4) is 0 Å². The number of benzene rings is 3. The number of nitrogens with zero attached hydrogens (tertiary/aromatic N) is 4. The first kappa shape index (κ1) is 27.1. The van der Waals surface area contributed by atoms with Crippen LogP contribution in [-0.4, -0.2) is 46.6 Å². The van der Waals surface area contributed by atoms with Gasteiger partial charge in [0.05, 0.1) is 24.9 Å². The second kappa shape index (κ2) is 12.1. The molecular formula is C30H32FN5O4. The highest BCUT2D eigenvalue weighted by Gasteiger charge is 2.36. The molecule has 2 amide bonds. The Morgan fingerprint density at radius 1 is 1.07 bits per heavy atom. The lowest BCUT2D eigenvalue weighted by atomic mass is 10.0. The van der Waals surface area contributed by atoms with Gasteiger partial charge in [0.25, 0.3) is 0 Å². The number of anilines is 1. The summed E-state index contributed by atoms with van der Waals surface area (Å²) in [7, 11) is 1.50. The molecule has 9 nitrogen and oxygen atoms in total. The van der Waals surface area contributed by atoms with Crippen LogP contribution in [0.25, 0.3) is 11.0 Å². The predicted octanol–water partition coefficient (Wildman–Crippen LogP) is 4.81. The smallest absolute Gasteiger partial charge is 0.249 e. The monoisotopic (exact) mass is 545 g/mol. The van der Waals surface area contributed by atoms with E-state index in [1.165, 1.54) is 28.8 Å². The normalized spacial score (nSPS) is 14.2. The fourth-order valence-electron chi connectivity index (χ4n) is 5.20. The lowest BCUT2D eigenvalue weighted by Gasteiger charge is -2.33. The molecule has 0 radical (unpaired) electrons. The lowest BCUT2D eigenvalue weighted by molar-refractivity contribution is -0.127. The van der Waals surface area contributed by atoms with E-state index in [0.29, 0.717) is 34.7 Å². The fourth-order valence-corrected chi connectivity index (χ4v) is 5.20. The van der Waals surface area contributed by atoms with Gasteiger partial charge >= 0.3 is 0 Å². The van der Waals surface area contributed by atoms with Crippen molar-refractivity contribution in [2.24, 2.45) is 0 Å². The summed E-state index contributed by atoms with van der Waals surface area (Å²) in [5.74, 6) is -0.656. The van der Waals surface area contributed by atoms with E-state index in [2.05, 4.69) is 15.6 Å². The molecule has 1 N–H and O–H groups in total. The van der Waals surface area contributed by atoms with Gasteiger partial charge in [-0.15, -0.1) is 5.10 Å². The van der Waals surface area contributed by atoms with Crippen LogP contribution >= 0.6 is 0 Å². The molecule has 1 saturated carbocycles. The molecule has 4 aromatic rings. The van der Waals surface area contributed by atoms with Crippen LogP contribution in [0.15, 0.2) is 66.7 Å². The Hall–Kier alpha value is -4.47. The maximum atomic E-state index is 15.4. The van der Waals surface area contributed by atoms with Gasteiger partial charge in [0.15, 0.2) is 11.5 Å². The van der Waals surface area contributed by atoms with Gasteiger partial charge in [-0.1, -0.05) is 48.4 Å². The van der Waals surface area contributed by atoms with Crippen LogP contribution in [0.2, 0.25) is 0 Å². The van der Waals surface area contributed by atoms with E-state index in [1.54, 1.807) is 42.5 Å². The first-order valence-corrected chi connectivity index (χ1v) is 13.5. The summed E-state index contributed by atoms with van der Waals surface area (Å²) in [6.45, 7) is 2.03. The van der Waals surface area contributed by atoms with Gasteiger partial charge in [0, 0.05) is 6.04 Å². The van der Waals surface area contributed by atoms with E-state index < -0.39 is 23.7 Å². The lowest BCUT2D eigenvalue weighted by Crippen LogP contribution is -2.47. The molecular weight excluding hydrogens is 513 g/mol. The summed E-state index contributed by atoms with van der Waals surface area (Å²) in [4.78, 5) is 29.4. The Balaban J connectivity index is 1.61. The van der Waals surface area contributed by atoms with E-state index >= 15 is 4.39 Å². The summed E-state index contributed by atoms with van der Waals surface area (Å²) in [6, 6.07) is 17.0. The fraction of sp³-hybridized carbons (Fsp3) is 0.333. The number of rotatable bonds is 10. The highest BCUT2D eigenvalue weighted by molar-refractivity contribution is 6.01. The number of aromatic nitrogens is 3. The first-order chi connectivity index (χ1) is 19.5. The van der Waals surface area contributed by atoms with Crippen molar-refractivity contribution in [3.8, 4) is 11.5 Å². The third-order valence-electron chi connectivity index (χ3n) is 7.10. The molecule has 1 fully saturated rings. The average molecular weight is 546 g/mol. The Kier molecular flexibility index (Phi) is 8.23. The van der Waals surface area contributed by atoms with Gasteiger partial charge in [0.1, 0.15) is 23.9 Å². The SMILES string of the molecule is CCOc1ccc([C@H](C(=O)NC2CCCC2)N(C(=O)Cn2nnc3ccccc32)c2ccccc2F)cc1OC. The Morgan fingerprint density at radius 3 is 2.58 bits per heavy atom. The molecule has 1 aliphatic rings. The molecule has 40 heavy (non-hydrogen) atoms. The van der Waals surface area contributed by atoms with Crippen LogP contribution in [-0.2, 0) is 16.1 Å². The van der Waals surface area contributed by atoms with Crippen molar-refractivity contribution in [2.45, 2.75) is 51.2 Å². The summed E-state index contributed by atoms with van der Waals surface area (Å²) in [5, 5.41) is 11.4. The maximum absolute atomic E-state index is 15.4. The van der Waals surface area contributed by atoms with Gasteiger partial charge < -0.3 is 14.8 Å². The highest BCUT2D eigenvalue weighted by atomic mass is 19.1. The molecule has 0 spiro atoms. The maximum Gasteiger partial charge on any atom is 0.249 e. The van der Waals surface area contributed by atoms with Crippen LogP contribution in [0.5, 0.6) is 11.5 Å². The van der Waals surface area contributed by atoms with Crippen molar-refractivity contribution in [2.75, 3.05) is 18.6 Å². The Bertz CT molecular complexity index is 1500. The number of fused-ring (bicyclic) bond motifs is 1. The third-order valence-corrected chi connectivity index (χ3v) is 7.10. The van der Waals surface area contributed by atoms with Crippen LogP contribution < -0.4 is 19.7 Å². The molecule has 0 aliphatic heterocycles. The molecule has 1 atom stereocenters. The zero-order valence-electron chi connectivity index (χ0n) is 22.5. The number of carbonyl (C=O) groups is 2. The van der Waals surface area contributed by atoms with E-state index in [9.17, 15) is 9.59 Å². The molecule has 5 rings (SSSR count). The number of nitrogens with one attached hydrogen (secondary N) is 1. The number of hydrogen-bond acceptors (Lipinski definition) is 6. The summed E-state index contributed by atoms with van der Waals surface area (Å²) in [5.41, 5.74) is 1.71. The number of ether oxygens (including phenoxy) is 2. The topological polar surface area (TPSA) is 98.6 Å². The number of carbonyl (C=O) groups excluding carboxylic acids is 2. The molecule has 1 aliphatic carbocycles. The van der Waals surface area contributed by atoms with Crippen molar-refractivity contribution >= 4 is 28.5 Å². The number of hydrogen-bond donors (Lipinski definition) is 1. The van der Waals surface area contributed by atoms with E-state index in [1.807, 2.05) is 19.1 Å². The molecule has 208 valence electrons. The van der Waals surface area contributed by atoms with E-state index in [4.69, 9.17) is 9.47 Å². The molecule has 0 saturated heterocycles. The van der Waals surface area contributed by atoms with Gasteiger partial charge in [-0.05, 0) is 61.7 Å². The summed E-state index contributed by atoms with van der Waals surface area (Å²) < 4.78 is 28.1. The van der Waals surface area contributed by atoms with Gasteiger partial charge in [-0.3, -0.25) is 14.5 Å². The van der Waals surface area contributed by atoms with Gasteiger partial charge in [-0.2, -0.15) is 0 Å². The van der Waals surface area contributed by atoms with Crippen LogP contribution in [0.4, 0.5) is 10.1 Å². The molecule has 1 aromatic heterocycles. The molecule has 10 heteroatoms. The molecule has 0 bridgehead atoms. The minimum Gasteiger partial charge on any atom is -0.493 e.